The van der Waals surface area contributed by atoms with Gasteiger partial charge in [-0.05, 0) is 49.6 Å². The molecule has 2 fully saturated rings. The van der Waals surface area contributed by atoms with Crippen molar-refractivity contribution in [2.75, 3.05) is 107 Å². The summed E-state index contributed by atoms with van der Waals surface area (Å²) in [4.78, 5) is 63.6. The number of nitrogens with zero attached hydrogens (tertiary/aromatic N) is 8. The highest BCUT2D eigenvalue weighted by atomic mass is 35.5. The number of amides is 3. The Bertz CT molecular complexity index is 2590. The van der Waals surface area contributed by atoms with Crippen LogP contribution in [0.25, 0.3) is 0 Å². The molecule has 3 amide bonds. The summed E-state index contributed by atoms with van der Waals surface area (Å²) < 4.78 is 34.6. The minimum atomic E-state index is -0.405. The molecule has 7 rings (SSSR count). The number of ether oxygens (including phenoxy) is 6. The first-order chi connectivity index (χ1) is 35.6. The van der Waals surface area contributed by atoms with E-state index in [2.05, 4.69) is 41.9 Å². The average molecular weight is 1040 g/mol. The summed E-state index contributed by atoms with van der Waals surface area (Å²) in [6, 6.07) is 12.0. The Labute approximate surface area is 438 Å². The van der Waals surface area contributed by atoms with Crippen molar-refractivity contribution in [3.63, 3.8) is 0 Å². The standard InChI is InChI=1S/C53H70ClN11O9/c1-9-41-47(68)64(7)42-33-57-50(61-44(42)65(41)37-12-10-11-13-37)60-40-17-15-34(28-43(40)69-8)45(66)56-18-20-70-22-24-72-26-27-73-25-23-71-21-19-63(6)51-58-31-36(32-59-51)46(67)62-48-52(2,3)49(53(48,4)5)74-38-16-14-35(30-55)39(54)29-38/h14-17,28-29,31-33,37,41,48-49H,9-13,18-27H2,1-8H3,(H,56,66)(H,62,67)(H,57,60,61)/t41?,48-,49-. The molecule has 0 radical (unpaired) electrons. The van der Waals surface area contributed by atoms with E-state index >= 15 is 0 Å². The number of hydrogen-bond acceptors (Lipinski definition) is 17. The number of halogens is 1. The van der Waals surface area contributed by atoms with Crippen LogP contribution in [0.3, 0.4) is 0 Å². The number of benzene rings is 2. The van der Waals surface area contributed by atoms with Crippen molar-refractivity contribution in [1.29, 1.82) is 5.26 Å². The van der Waals surface area contributed by atoms with Gasteiger partial charge in [0.2, 0.25) is 17.8 Å². The molecular formula is C53H70ClN11O9. The summed E-state index contributed by atoms with van der Waals surface area (Å²) in [6.45, 7) is 14.2. The van der Waals surface area contributed by atoms with E-state index in [0.717, 1.165) is 31.5 Å². The predicted octanol–water partition coefficient (Wildman–Crippen LogP) is 6.59. The summed E-state index contributed by atoms with van der Waals surface area (Å²) in [5, 5.41) is 18.8. The largest absolute Gasteiger partial charge is 0.495 e. The molecule has 1 aliphatic heterocycles. The van der Waals surface area contributed by atoms with E-state index < -0.39 is 10.8 Å². The first-order valence-corrected chi connectivity index (χ1v) is 25.6. The number of anilines is 5. The fourth-order valence-electron chi connectivity index (χ4n) is 10.3. The fraction of sp³-hybridized carbons (Fsp3) is 0.547. The molecule has 74 heavy (non-hydrogen) atoms. The number of methoxy groups -OCH3 is 1. The summed E-state index contributed by atoms with van der Waals surface area (Å²) in [5.41, 5.74) is 1.63. The Morgan fingerprint density at radius 3 is 2.14 bits per heavy atom. The number of rotatable bonds is 26. The van der Waals surface area contributed by atoms with Crippen molar-refractivity contribution < 1.29 is 42.8 Å². The van der Waals surface area contributed by atoms with Crippen LogP contribution in [0.1, 0.15) is 93.0 Å². The van der Waals surface area contributed by atoms with Crippen LogP contribution in [0.2, 0.25) is 5.02 Å². The molecule has 21 heteroatoms. The van der Waals surface area contributed by atoms with Crippen LogP contribution in [-0.4, -0.2) is 149 Å². The number of fused-ring (bicyclic) bond motifs is 1. The van der Waals surface area contributed by atoms with Gasteiger partial charge in [-0.3, -0.25) is 14.4 Å². The molecule has 2 aromatic heterocycles. The first kappa shape index (κ1) is 55.4. The summed E-state index contributed by atoms with van der Waals surface area (Å²) >= 11 is 6.23. The highest BCUT2D eigenvalue weighted by Gasteiger charge is 2.64. The number of aromatic nitrogens is 4. The minimum absolute atomic E-state index is 0.0575. The Hall–Kier alpha value is -6.37. The van der Waals surface area contributed by atoms with Crippen LogP contribution in [0.5, 0.6) is 11.5 Å². The molecule has 2 aromatic carbocycles. The Kier molecular flexibility index (Phi) is 18.9. The minimum Gasteiger partial charge on any atom is -0.495 e. The van der Waals surface area contributed by atoms with Crippen molar-refractivity contribution >= 4 is 58.4 Å². The fourth-order valence-corrected chi connectivity index (χ4v) is 10.6. The van der Waals surface area contributed by atoms with E-state index in [0.29, 0.717) is 129 Å². The molecule has 2 aliphatic carbocycles. The molecule has 4 aromatic rings. The molecule has 20 nitrogen and oxygen atoms in total. The molecule has 0 saturated heterocycles. The highest BCUT2D eigenvalue weighted by molar-refractivity contribution is 6.31. The zero-order valence-corrected chi connectivity index (χ0v) is 44.5. The lowest BCUT2D eigenvalue weighted by atomic mass is 9.49. The maximum Gasteiger partial charge on any atom is 0.254 e. The van der Waals surface area contributed by atoms with Gasteiger partial charge in [0.1, 0.15) is 35.4 Å². The van der Waals surface area contributed by atoms with Gasteiger partial charge in [0.15, 0.2) is 5.82 Å². The van der Waals surface area contributed by atoms with Crippen LogP contribution in [0, 0.1) is 22.2 Å². The molecule has 3 N–H and O–H groups in total. The zero-order chi connectivity index (χ0) is 53.0. The second-order valence-corrected chi connectivity index (χ2v) is 20.2. The molecule has 1 unspecified atom stereocenters. The topological polar surface area (TPSA) is 228 Å². The zero-order valence-electron chi connectivity index (χ0n) is 43.7. The van der Waals surface area contributed by atoms with Crippen molar-refractivity contribution in [1.82, 2.24) is 30.6 Å². The van der Waals surface area contributed by atoms with E-state index in [9.17, 15) is 19.6 Å². The molecule has 1 atom stereocenters. The van der Waals surface area contributed by atoms with Gasteiger partial charge >= 0.3 is 0 Å². The van der Waals surface area contributed by atoms with Crippen LogP contribution < -0.4 is 40.1 Å². The third-order valence-corrected chi connectivity index (χ3v) is 14.3. The van der Waals surface area contributed by atoms with Gasteiger partial charge < -0.3 is 59.1 Å². The molecule has 3 heterocycles. The number of nitrogens with one attached hydrogen (secondary N) is 3. The van der Waals surface area contributed by atoms with E-state index in [-0.39, 0.29) is 42.0 Å². The first-order valence-electron chi connectivity index (χ1n) is 25.3. The highest BCUT2D eigenvalue weighted by Crippen LogP contribution is 2.55. The molecule has 2 saturated carbocycles. The number of carbonyl (C=O) groups is 3. The van der Waals surface area contributed by atoms with E-state index in [1.54, 1.807) is 54.5 Å². The third-order valence-electron chi connectivity index (χ3n) is 14.0. The van der Waals surface area contributed by atoms with Crippen molar-refractivity contribution in [2.24, 2.45) is 10.8 Å². The van der Waals surface area contributed by atoms with E-state index in [1.807, 2.05) is 46.6 Å². The van der Waals surface area contributed by atoms with Crippen molar-refractivity contribution in [3.05, 3.63) is 76.7 Å². The van der Waals surface area contributed by atoms with Gasteiger partial charge in [0.05, 0.1) is 88.0 Å². The van der Waals surface area contributed by atoms with E-state index in [4.69, 9.17) is 45.0 Å². The van der Waals surface area contributed by atoms with Crippen molar-refractivity contribution in [3.8, 4) is 17.6 Å². The Balaban J connectivity index is 0.715. The van der Waals surface area contributed by atoms with Crippen LogP contribution >= 0.6 is 11.6 Å². The van der Waals surface area contributed by atoms with Gasteiger partial charge in [-0.25, -0.2) is 15.0 Å². The quantitative estimate of drug-likeness (QED) is 0.0564. The number of carbonyl (C=O) groups excluding carboxylic acids is 3. The lowest BCUT2D eigenvalue weighted by molar-refractivity contribution is -0.164. The smallest absolute Gasteiger partial charge is 0.254 e. The van der Waals surface area contributed by atoms with Gasteiger partial charge in [0, 0.05) is 74.1 Å². The molecular weight excluding hydrogens is 970 g/mol. The van der Waals surface area contributed by atoms with Gasteiger partial charge in [-0.15, -0.1) is 0 Å². The lowest BCUT2D eigenvalue weighted by Crippen LogP contribution is -2.74. The normalized spacial score (nSPS) is 18.8. The maximum atomic E-state index is 13.3. The second kappa shape index (κ2) is 25.2. The van der Waals surface area contributed by atoms with E-state index in [1.165, 1.54) is 19.5 Å². The third kappa shape index (κ3) is 12.9. The maximum absolute atomic E-state index is 13.3. The average Bonchev–Trinajstić information content (AvgIpc) is 3.94. The summed E-state index contributed by atoms with van der Waals surface area (Å²) in [7, 11) is 5.17. The summed E-state index contributed by atoms with van der Waals surface area (Å²) in [6.07, 6.45) is 9.50. The van der Waals surface area contributed by atoms with Crippen LogP contribution in [0.4, 0.5) is 29.1 Å². The monoisotopic (exact) mass is 1040 g/mol. The van der Waals surface area contributed by atoms with Crippen LogP contribution in [-0.2, 0) is 23.7 Å². The molecule has 398 valence electrons. The second-order valence-electron chi connectivity index (χ2n) is 19.8. The van der Waals surface area contributed by atoms with Gasteiger partial charge in [-0.2, -0.15) is 10.2 Å². The molecule has 0 spiro atoms. The van der Waals surface area contributed by atoms with Gasteiger partial charge in [-0.1, -0.05) is 59.1 Å². The summed E-state index contributed by atoms with van der Waals surface area (Å²) in [5.74, 6) is 2.12. The number of likely N-dealkylation sites (N-methyl/N-ethyl adjacent to an activating group) is 2. The molecule has 0 bridgehead atoms. The predicted molar refractivity (Wildman–Crippen MR) is 281 cm³/mol. The van der Waals surface area contributed by atoms with Gasteiger partial charge in [0.25, 0.3) is 11.8 Å². The molecule has 3 aliphatic rings. The lowest BCUT2D eigenvalue weighted by Gasteiger charge is -2.63. The SMILES string of the molecule is CCC1C(=O)N(C)c2cnc(Nc3ccc(C(=O)NCCOCCOCCOCCOCCN(C)c4ncc(C(=O)N[C@H]5C(C)(C)[C@H](Oc6ccc(C#N)c(Cl)c6)C5(C)C)cn4)cc3OC)nc2N1C1CCCC1. The Morgan fingerprint density at radius 2 is 1.51 bits per heavy atom. The number of hydrogen-bond donors (Lipinski definition) is 3. The Morgan fingerprint density at radius 1 is 0.865 bits per heavy atom. The van der Waals surface area contributed by atoms with Crippen LogP contribution in [0.15, 0.2) is 55.0 Å². The van der Waals surface area contributed by atoms with Crippen molar-refractivity contribution in [2.45, 2.75) is 91.0 Å². The number of nitriles is 1.